The second-order valence-corrected chi connectivity index (χ2v) is 10.8. The Labute approximate surface area is 308 Å². The number of rotatable bonds is 29. The first-order valence-corrected chi connectivity index (χ1v) is 18.4. The van der Waals surface area contributed by atoms with Crippen LogP contribution in [0.2, 0.25) is 0 Å². The van der Waals surface area contributed by atoms with Crippen LogP contribution in [-0.4, -0.2) is 101 Å². The van der Waals surface area contributed by atoms with Gasteiger partial charge in [-0.2, -0.15) is 34.0 Å². The summed E-state index contributed by atoms with van der Waals surface area (Å²) in [4.78, 5) is 46.0. The van der Waals surface area contributed by atoms with Crippen LogP contribution in [0.15, 0.2) is 0 Å². The Hall–Kier alpha value is -2.52. The van der Waals surface area contributed by atoms with E-state index in [0.717, 1.165) is 30.7 Å². The van der Waals surface area contributed by atoms with E-state index >= 15 is 0 Å². The number of ether oxygens (including phenoxy) is 3. The molecule has 308 valence electrons. The van der Waals surface area contributed by atoms with Crippen molar-refractivity contribution in [1.82, 2.24) is 21.4 Å². The number of hydrogen-bond acceptors (Lipinski definition) is 12. The van der Waals surface area contributed by atoms with Gasteiger partial charge in [0.05, 0.1) is 39.6 Å². The summed E-state index contributed by atoms with van der Waals surface area (Å²) in [5, 5.41) is 16.3. The SMILES string of the molecule is CC.CC(=O)NC(CCCCN[NH2+]N)C(=O)NCC(=O)NCCOCCOCCOCCCCCC(=O)O.CCCCC(C)CC.CN.N[NH2+]N. The van der Waals surface area contributed by atoms with Gasteiger partial charge in [-0.05, 0) is 45.1 Å². The number of aliphatic carboxylic acids is 1. The average molecular weight is 745 g/mol. The molecule has 18 heteroatoms. The molecule has 3 amide bonds. The summed E-state index contributed by atoms with van der Waals surface area (Å²) in [7, 11) is 1.50. The van der Waals surface area contributed by atoms with Crippen molar-refractivity contribution >= 4 is 23.7 Å². The minimum absolute atomic E-state index is 0.192. The summed E-state index contributed by atoms with van der Waals surface area (Å²) in [6.07, 6.45) is 9.99. The number of hydrogen-bond donors (Lipinski definition) is 11. The maximum absolute atomic E-state index is 12.3. The number of carbonyl (C=O) groups is 4. The van der Waals surface area contributed by atoms with Gasteiger partial charge in [0.15, 0.2) is 0 Å². The molecule has 0 bridgehead atoms. The van der Waals surface area contributed by atoms with Crippen LogP contribution < -0.4 is 55.7 Å². The number of amides is 3. The molecule has 0 aromatic rings. The van der Waals surface area contributed by atoms with E-state index in [2.05, 4.69) is 59.6 Å². The Kier molecular flexibility index (Phi) is 58.8. The topological polar surface area (TPSA) is 302 Å². The molecule has 0 spiro atoms. The van der Waals surface area contributed by atoms with Crippen LogP contribution in [0.25, 0.3) is 0 Å². The lowest BCUT2D eigenvalue weighted by molar-refractivity contribution is -0.723. The second kappa shape index (κ2) is 51.8. The van der Waals surface area contributed by atoms with E-state index in [1.165, 1.54) is 45.2 Å². The fourth-order valence-corrected chi connectivity index (χ4v) is 3.74. The smallest absolute Gasteiger partial charge is 0.303 e. The van der Waals surface area contributed by atoms with Crippen molar-refractivity contribution < 1.29 is 49.6 Å². The molecule has 0 aliphatic carbocycles. The minimum atomic E-state index is -0.774. The van der Waals surface area contributed by atoms with E-state index in [1.54, 1.807) is 0 Å². The molecule has 0 saturated carbocycles. The zero-order valence-corrected chi connectivity index (χ0v) is 33.1. The fourth-order valence-electron chi connectivity index (χ4n) is 3.74. The third-order valence-corrected chi connectivity index (χ3v) is 6.54. The molecule has 0 rings (SSSR count). The maximum Gasteiger partial charge on any atom is 0.303 e. The standard InChI is InChI=1S/C22H44N6O8.C8H18.C2H6.CH5N.H5N3/c1-18(29)27-19(7-4-5-9-26-28-23)22(33)25-17-20(30)24-10-12-35-14-16-36-15-13-34-11-6-2-3-8-21(31)32;1-4-6-7-8(3)5-2;2*1-2;1-3-2/h19,26,28H,2-17,23H2,1H3,(H,24,30)(H,25,33)(H,27,29)(H,31,32);8H,4-7H2,1-3H3;1-2H3;2H2,1H3;3H,1-2H2/p+2. The van der Waals surface area contributed by atoms with Crippen LogP contribution in [0.4, 0.5) is 0 Å². The molecule has 2 unspecified atom stereocenters. The second-order valence-electron chi connectivity index (χ2n) is 10.8. The predicted molar refractivity (Wildman–Crippen MR) is 201 cm³/mol. The number of unbranched alkanes of at least 4 members (excludes halogenated alkanes) is 4. The molecule has 17 N–H and O–H groups in total. The van der Waals surface area contributed by atoms with Crippen LogP contribution in [0.1, 0.15) is 112 Å². The van der Waals surface area contributed by atoms with Crippen molar-refractivity contribution in [3.05, 3.63) is 0 Å². The molecule has 18 nitrogen and oxygen atoms in total. The molecular formula is C33H80N10O8+2. The highest BCUT2D eigenvalue weighted by Gasteiger charge is 2.19. The predicted octanol–water partition coefficient (Wildman–Crippen LogP) is -1.35. The van der Waals surface area contributed by atoms with Gasteiger partial charge in [0, 0.05) is 33.0 Å². The highest BCUT2D eigenvalue weighted by Crippen LogP contribution is 2.09. The number of carbonyl (C=O) groups excluding carboxylic acids is 3. The summed E-state index contributed by atoms with van der Waals surface area (Å²) >= 11 is 0. The molecular weight excluding hydrogens is 664 g/mol. The van der Waals surface area contributed by atoms with Gasteiger partial charge in [-0.3, -0.25) is 19.2 Å². The Morgan fingerprint density at radius 3 is 1.82 bits per heavy atom. The van der Waals surface area contributed by atoms with Gasteiger partial charge in [-0.25, -0.2) is 0 Å². The molecule has 2 atom stereocenters. The van der Waals surface area contributed by atoms with E-state index in [4.69, 9.17) is 25.2 Å². The Morgan fingerprint density at radius 2 is 1.31 bits per heavy atom. The Morgan fingerprint density at radius 1 is 0.745 bits per heavy atom. The zero-order valence-electron chi connectivity index (χ0n) is 33.1. The molecule has 51 heavy (non-hydrogen) atoms. The lowest BCUT2D eigenvalue weighted by Gasteiger charge is -2.17. The molecule has 0 aliphatic rings. The quantitative estimate of drug-likeness (QED) is 0.0240. The van der Waals surface area contributed by atoms with Crippen LogP contribution >= 0.6 is 0 Å². The maximum atomic E-state index is 12.3. The van der Waals surface area contributed by atoms with Gasteiger partial charge in [0.1, 0.15) is 6.04 Å². The van der Waals surface area contributed by atoms with E-state index < -0.39 is 17.9 Å². The van der Waals surface area contributed by atoms with Gasteiger partial charge < -0.3 is 41.0 Å². The number of carboxylic acid groups (broad SMARTS) is 1. The van der Waals surface area contributed by atoms with Crippen molar-refractivity contribution in [2.75, 3.05) is 66.3 Å². The van der Waals surface area contributed by atoms with Gasteiger partial charge in [-0.1, -0.05) is 66.7 Å². The first kappa shape index (κ1) is 57.8. The average Bonchev–Trinajstić information content (AvgIpc) is 3.12. The molecule has 0 saturated heterocycles. The molecule has 0 radical (unpaired) electrons. The van der Waals surface area contributed by atoms with Crippen molar-refractivity contribution in [1.29, 1.82) is 0 Å². The summed E-state index contributed by atoms with van der Waals surface area (Å²) in [6, 6.07) is -0.699. The summed E-state index contributed by atoms with van der Waals surface area (Å²) in [5.74, 6) is 13.3. The normalized spacial score (nSPS) is 11.0. The summed E-state index contributed by atoms with van der Waals surface area (Å²) in [6.45, 7) is 15.5. The van der Waals surface area contributed by atoms with Crippen molar-refractivity contribution in [3.8, 4) is 0 Å². The van der Waals surface area contributed by atoms with Crippen molar-refractivity contribution in [2.45, 2.75) is 118 Å². The van der Waals surface area contributed by atoms with Gasteiger partial charge in [0.2, 0.25) is 17.7 Å². The number of quaternary nitrogens is 2. The fraction of sp³-hybridized carbons (Fsp3) is 0.879. The third kappa shape index (κ3) is 57.1. The molecule has 0 fully saturated rings. The first-order chi connectivity index (χ1) is 24.6. The highest BCUT2D eigenvalue weighted by atomic mass is 16.5. The van der Waals surface area contributed by atoms with E-state index in [1.807, 2.05) is 13.8 Å². The summed E-state index contributed by atoms with van der Waals surface area (Å²) < 4.78 is 16.2. The Balaban J connectivity index is -0.000000395. The third-order valence-electron chi connectivity index (χ3n) is 6.54. The van der Waals surface area contributed by atoms with Gasteiger partial charge in [0.25, 0.3) is 0 Å². The van der Waals surface area contributed by atoms with Gasteiger partial charge in [-0.15, -0.1) is 0 Å². The molecule has 0 heterocycles. The van der Waals surface area contributed by atoms with Crippen molar-refractivity contribution in [2.24, 2.45) is 29.2 Å². The zero-order chi connectivity index (χ0) is 40.0. The van der Waals surface area contributed by atoms with Crippen LogP contribution in [0.3, 0.4) is 0 Å². The number of nitrogens with one attached hydrogen (secondary N) is 4. The van der Waals surface area contributed by atoms with Crippen LogP contribution in [-0.2, 0) is 33.4 Å². The van der Waals surface area contributed by atoms with E-state index in [0.29, 0.717) is 72.0 Å². The molecule has 0 aromatic heterocycles. The van der Waals surface area contributed by atoms with E-state index in [9.17, 15) is 19.2 Å². The monoisotopic (exact) mass is 745 g/mol. The summed E-state index contributed by atoms with van der Waals surface area (Å²) in [5.41, 5.74) is 9.72. The molecule has 0 aromatic carbocycles. The first-order valence-electron chi connectivity index (χ1n) is 18.4. The molecule has 0 aliphatic heterocycles. The van der Waals surface area contributed by atoms with Crippen molar-refractivity contribution in [3.63, 3.8) is 0 Å². The largest absolute Gasteiger partial charge is 0.481 e. The van der Waals surface area contributed by atoms with E-state index in [-0.39, 0.29) is 24.8 Å². The lowest BCUT2D eigenvalue weighted by Crippen LogP contribution is -2.99. The highest BCUT2D eigenvalue weighted by molar-refractivity contribution is 5.90. The number of carboxylic acids is 1. The Bertz CT molecular complexity index is 744. The van der Waals surface area contributed by atoms with Gasteiger partial charge >= 0.3 is 5.97 Å². The minimum Gasteiger partial charge on any atom is -0.481 e. The lowest BCUT2D eigenvalue weighted by atomic mass is 10.0. The van der Waals surface area contributed by atoms with Crippen LogP contribution in [0.5, 0.6) is 0 Å². The van der Waals surface area contributed by atoms with Crippen LogP contribution in [0, 0.1) is 5.92 Å². The number of nitrogens with two attached hydrogens (primary N) is 6.